The molecule has 1 amide bonds. The number of nitrogens with one attached hydrogen (secondary N) is 1. The first-order valence-electron chi connectivity index (χ1n) is 7.10. The van der Waals surface area contributed by atoms with Crippen LogP contribution in [0.4, 0.5) is 0 Å². The molecule has 1 atom stereocenters. The highest BCUT2D eigenvalue weighted by Gasteiger charge is 2.20. The molecule has 116 valence electrons. The molecule has 0 aromatic heterocycles. The number of carbonyl (C=O) groups is 2. The van der Waals surface area contributed by atoms with Crippen molar-refractivity contribution in [2.75, 3.05) is 13.2 Å². The van der Waals surface area contributed by atoms with E-state index < -0.39 is 6.04 Å². The van der Waals surface area contributed by atoms with E-state index in [2.05, 4.69) is 5.32 Å². The van der Waals surface area contributed by atoms with Crippen molar-refractivity contribution in [3.05, 3.63) is 24.3 Å². The van der Waals surface area contributed by atoms with Gasteiger partial charge < -0.3 is 14.8 Å². The van der Waals surface area contributed by atoms with Gasteiger partial charge in [-0.3, -0.25) is 9.59 Å². The van der Waals surface area contributed by atoms with Gasteiger partial charge in [-0.2, -0.15) is 0 Å². The molecule has 0 aliphatic carbocycles. The first kappa shape index (κ1) is 17.0. The van der Waals surface area contributed by atoms with Crippen LogP contribution in [0.3, 0.4) is 0 Å². The van der Waals surface area contributed by atoms with Gasteiger partial charge in [0, 0.05) is 0 Å². The van der Waals surface area contributed by atoms with Gasteiger partial charge in [0.05, 0.1) is 12.6 Å². The van der Waals surface area contributed by atoms with Crippen molar-refractivity contribution < 1.29 is 19.1 Å². The summed E-state index contributed by atoms with van der Waals surface area (Å²) in [6, 6.07) is 6.68. The number of ketones is 1. The van der Waals surface area contributed by atoms with E-state index in [-0.39, 0.29) is 24.2 Å². The van der Waals surface area contributed by atoms with Crippen LogP contribution in [0.5, 0.6) is 11.5 Å². The molecule has 0 bridgehead atoms. The largest absolute Gasteiger partial charge is 0.490 e. The molecule has 5 nitrogen and oxygen atoms in total. The van der Waals surface area contributed by atoms with Crippen LogP contribution in [-0.2, 0) is 9.59 Å². The maximum absolute atomic E-state index is 11.9. The lowest BCUT2D eigenvalue weighted by Gasteiger charge is -2.19. The Kier molecular flexibility index (Phi) is 6.72. The predicted octanol–water partition coefficient (Wildman–Crippen LogP) is 2.19. The number of ether oxygens (including phenoxy) is 2. The monoisotopic (exact) mass is 293 g/mol. The Morgan fingerprint density at radius 3 is 2.19 bits per heavy atom. The Labute approximate surface area is 125 Å². The highest BCUT2D eigenvalue weighted by molar-refractivity contribution is 5.88. The third-order valence-corrected chi connectivity index (χ3v) is 2.93. The van der Waals surface area contributed by atoms with Gasteiger partial charge in [0.1, 0.15) is 0 Å². The van der Waals surface area contributed by atoms with E-state index in [9.17, 15) is 9.59 Å². The van der Waals surface area contributed by atoms with Gasteiger partial charge in [-0.25, -0.2) is 0 Å². The lowest BCUT2D eigenvalue weighted by atomic mass is 10.0. The number of Topliss-reactive ketones (excluding diaryl/α,β-unsaturated/α-hetero) is 1. The van der Waals surface area contributed by atoms with Crippen LogP contribution in [0.15, 0.2) is 24.3 Å². The van der Waals surface area contributed by atoms with Gasteiger partial charge in [-0.15, -0.1) is 0 Å². The van der Waals surface area contributed by atoms with Crippen LogP contribution < -0.4 is 14.8 Å². The smallest absolute Gasteiger partial charge is 0.258 e. The maximum atomic E-state index is 11.9. The van der Waals surface area contributed by atoms with Gasteiger partial charge in [0.15, 0.2) is 23.9 Å². The van der Waals surface area contributed by atoms with Gasteiger partial charge in [-0.05, 0) is 31.9 Å². The summed E-state index contributed by atoms with van der Waals surface area (Å²) < 4.78 is 10.9. The fourth-order valence-electron chi connectivity index (χ4n) is 1.94. The molecule has 1 aromatic rings. The van der Waals surface area contributed by atoms with Crippen molar-refractivity contribution in [1.29, 1.82) is 0 Å². The maximum Gasteiger partial charge on any atom is 0.258 e. The van der Waals surface area contributed by atoms with Crippen LogP contribution in [-0.4, -0.2) is 30.9 Å². The van der Waals surface area contributed by atoms with Crippen molar-refractivity contribution in [1.82, 2.24) is 5.32 Å². The normalized spacial score (nSPS) is 11.9. The van der Waals surface area contributed by atoms with Gasteiger partial charge in [0.25, 0.3) is 5.91 Å². The van der Waals surface area contributed by atoms with Crippen LogP contribution >= 0.6 is 0 Å². The molecule has 0 aliphatic heterocycles. The first-order valence-corrected chi connectivity index (χ1v) is 7.10. The molecule has 21 heavy (non-hydrogen) atoms. The van der Waals surface area contributed by atoms with E-state index >= 15 is 0 Å². The molecule has 1 aromatic carbocycles. The molecule has 0 radical (unpaired) electrons. The molecule has 0 fully saturated rings. The number of amides is 1. The summed E-state index contributed by atoms with van der Waals surface area (Å²) in [6.07, 6.45) is 0. The summed E-state index contributed by atoms with van der Waals surface area (Å²) in [5.74, 6) is 0.767. The lowest BCUT2D eigenvalue weighted by Crippen LogP contribution is -2.45. The molecular weight excluding hydrogens is 270 g/mol. The zero-order valence-corrected chi connectivity index (χ0v) is 13.0. The third-order valence-electron chi connectivity index (χ3n) is 2.93. The molecule has 1 unspecified atom stereocenters. The van der Waals surface area contributed by atoms with Crippen LogP contribution in [0.1, 0.15) is 27.7 Å². The average Bonchev–Trinajstić information content (AvgIpc) is 2.43. The predicted molar refractivity (Wildman–Crippen MR) is 80.6 cm³/mol. The van der Waals surface area contributed by atoms with Crippen LogP contribution in [0.2, 0.25) is 0 Å². The molecule has 1 N–H and O–H groups in total. The zero-order chi connectivity index (χ0) is 15.8. The lowest BCUT2D eigenvalue weighted by molar-refractivity contribution is -0.129. The van der Waals surface area contributed by atoms with E-state index in [4.69, 9.17) is 9.47 Å². The van der Waals surface area contributed by atoms with E-state index in [1.807, 2.05) is 32.9 Å². The number of rotatable bonds is 8. The van der Waals surface area contributed by atoms with Crippen molar-refractivity contribution in [2.45, 2.75) is 33.7 Å². The number of hydrogen-bond acceptors (Lipinski definition) is 4. The molecule has 0 aliphatic rings. The number of para-hydroxylation sites is 2. The Morgan fingerprint density at radius 1 is 1.14 bits per heavy atom. The minimum absolute atomic E-state index is 0.0437. The van der Waals surface area contributed by atoms with Gasteiger partial charge >= 0.3 is 0 Å². The van der Waals surface area contributed by atoms with Crippen LogP contribution in [0, 0.1) is 5.92 Å². The summed E-state index contributed by atoms with van der Waals surface area (Å²) in [4.78, 5) is 23.3. The highest BCUT2D eigenvalue weighted by Crippen LogP contribution is 2.26. The van der Waals surface area contributed by atoms with E-state index in [0.29, 0.717) is 18.1 Å². The Morgan fingerprint density at radius 2 is 1.71 bits per heavy atom. The third kappa shape index (κ3) is 5.45. The van der Waals surface area contributed by atoms with Crippen molar-refractivity contribution in [3.8, 4) is 11.5 Å². The number of benzene rings is 1. The molecule has 0 saturated carbocycles. The summed E-state index contributed by atoms with van der Waals surface area (Å²) in [7, 11) is 0. The highest BCUT2D eigenvalue weighted by atomic mass is 16.5. The summed E-state index contributed by atoms with van der Waals surface area (Å²) in [5.41, 5.74) is 0. The molecule has 0 saturated heterocycles. The van der Waals surface area contributed by atoms with E-state index in [1.54, 1.807) is 12.1 Å². The van der Waals surface area contributed by atoms with Crippen molar-refractivity contribution in [3.63, 3.8) is 0 Å². The number of carbonyl (C=O) groups excluding carboxylic acids is 2. The summed E-state index contributed by atoms with van der Waals surface area (Å²) >= 11 is 0. The topological polar surface area (TPSA) is 64.6 Å². The van der Waals surface area contributed by atoms with Crippen molar-refractivity contribution >= 4 is 11.7 Å². The molecule has 0 spiro atoms. The van der Waals surface area contributed by atoms with Crippen LogP contribution in [0.25, 0.3) is 0 Å². The molecule has 1 rings (SSSR count). The Hall–Kier alpha value is -2.04. The zero-order valence-electron chi connectivity index (χ0n) is 13.0. The van der Waals surface area contributed by atoms with E-state index in [0.717, 1.165) is 0 Å². The fourth-order valence-corrected chi connectivity index (χ4v) is 1.94. The quantitative estimate of drug-likeness (QED) is 0.798. The molecule has 0 heterocycles. The summed E-state index contributed by atoms with van der Waals surface area (Å²) in [5, 5.41) is 2.68. The first-order chi connectivity index (χ1) is 9.95. The van der Waals surface area contributed by atoms with Gasteiger partial charge in [0.2, 0.25) is 0 Å². The SMILES string of the molecule is CCOc1ccccc1OCC(=O)NC(C(C)=O)C(C)C. The Bertz CT molecular complexity index is 485. The average molecular weight is 293 g/mol. The van der Waals surface area contributed by atoms with Gasteiger partial charge in [-0.1, -0.05) is 26.0 Å². The second-order valence-electron chi connectivity index (χ2n) is 5.07. The van der Waals surface area contributed by atoms with E-state index in [1.165, 1.54) is 6.92 Å². The van der Waals surface area contributed by atoms with Crippen molar-refractivity contribution in [2.24, 2.45) is 5.92 Å². The molecular formula is C16H23NO4. The second-order valence-corrected chi connectivity index (χ2v) is 5.07. The minimum atomic E-state index is -0.483. The summed E-state index contributed by atoms with van der Waals surface area (Å²) in [6.45, 7) is 7.49. The fraction of sp³-hybridized carbons (Fsp3) is 0.500. The number of hydrogen-bond donors (Lipinski definition) is 1. The molecule has 5 heteroatoms. The minimum Gasteiger partial charge on any atom is -0.490 e. The second kappa shape index (κ2) is 8.29. The standard InChI is InChI=1S/C16H23NO4/c1-5-20-13-8-6-7-9-14(13)21-10-15(19)17-16(11(2)3)12(4)18/h6-9,11,16H,5,10H2,1-4H3,(H,17,19). The Balaban J connectivity index is 2.59.